The highest BCUT2D eigenvalue weighted by molar-refractivity contribution is 5.67. The van der Waals surface area contributed by atoms with Crippen molar-refractivity contribution in [2.24, 2.45) is 0 Å². The molecule has 1 heterocycles. The van der Waals surface area contributed by atoms with Crippen molar-refractivity contribution in [1.29, 1.82) is 0 Å². The van der Waals surface area contributed by atoms with E-state index in [1.54, 1.807) is 6.07 Å². The summed E-state index contributed by atoms with van der Waals surface area (Å²) in [5.41, 5.74) is 0.351. The van der Waals surface area contributed by atoms with Gasteiger partial charge in [0.1, 0.15) is 5.82 Å². The summed E-state index contributed by atoms with van der Waals surface area (Å²) in [7, 11) is 0. The van der Waals surface area contributed by atoms with Crippen LogP contribution in [0.25, 0.3) is 0 Å². The average Bonchev–Trinajstić information content (AvgIpc) is 2.75. The molecule has 4 nitrogen and oxygen atoms in total. The first-order chi connectivity index (χ1) is 9.30. The van der Waals surface area contributed by atoms with Gasteiger partial charge in [0.2, 0.25) is 0 Å². The molecule has 1 saturated heterocycles. The van der Waals surface area contributed by atoms with Gasteiger partial charge in [0.05, 0.1) is 6.04 Å². The number of benzene rings is 1. The Labute approximate surface area is 118 Å². The maximum absolute atomic E-state index is 13.4. The van der Waals surface area contributed by atoms with E-state index >= 15 is 0 Å². The number of rotatable bonds is 2. The second-order valence-corrected chi connectivity index (χ2v) is 6.21. The van der Waals surface area contributed by atoms with Gasteiger partial charge < -0.3 is 10.4 Å². The molecule has 0 unspecified atom stereocenters. The van der Waals surface area contributed by atoms with Crippen LogP contribution in [0.4, 0.5) is 9.18 Å². The van der Waals surface area contributed by atoms with Crippen molar-refractivity contribution in [2.45, 2.75) is 38.3 Å². The first kappa shape index (κ1) is 14.8. The molecule has 0 radical (unpaired) electrons. The molecule has 2 atom stereocenters. The predicted octanol–water partition coefficient (Wildman–Crippen LogP) is 2.66. The largest absolute Gasteiger partial charge is 0.465 e. The fourth-order valence-electron chi connectivity index (χ4n) is 2.94. The minimum Gasteiger partial charge on any atom is -0.465 e. The van der Waals surface area contributed by atoms with Crippen molar-refractivity contribution in [3.63, 3.8) is 0 Å². The van der Waals surface area contributed by atoms with Crippen LogP contribution in [0, 0.1) is 5.82 Å². The molecular formula is C15H21FN2O2. The van der Waals surface area contributed by atoms with Gasteiger partial charge >= 0.3 is 6.09 Å². The van der Waals surface area contributed by atoms with Gasteiger partial charge in [-0.3, -0.25) is 4.90 Å². The van der Waals surface area contributed by atoms with Crippen molar-refractivity contribution in [2.75, 3.05) is 13.1 Å². The smallest absolute Gasteiger partial charge is 0.408 e. The predicted molar refractivity (Wildman–Crippen MR) is 75.4 cm³/mol. The monoisotopic (exact) mass is 280 g/mol. The molecule has 2 N–H and O–H groups in total. The van der Waals surface area contributed by atoms with E-state index in [0.29, 0.717) is 13.1 Å². The van der Waals surface area contributed by atoms with Gasteiger partial charge in [0.15, 0.2) is 0 Å². The molecule has 1 aromatic rings. The lowest BCUT2D eigenvalue weighted by Gasteiger charge is -2.40. The van der Waals surface area contributed by atoms with Crippen molar-refractivity contribution in [3.05, 3.63) is 35.6 Å². The van der Waals surface area contributed by atoms with Gasteiger partial charge in [0.25, 0.3) is 0 Å². The standard InChI is InChI=1S/C15H21FN2O2/c1-15(2,3)18(14(19)20)13-9-17-8-12(13)10-5-4-6-11(16)7-10/h4-7,12-13,17H,8-9H2,1-3H3,(H,19,20)/t12-,13+/m1/s1. The number of nitrogens with zero attached hydrogens (tertiary/aromatic N) is 1. The SMILES string of the molecule is CC(C)(C)N(C(=O)O)[C@H]1CNC[C@@H]1c1cccc(F)c1. The second-order valence-electron chi connectivity index (χ2n) is 6.21. The summed E-state index contributed by atoms with van der Waals surface area (Å²) in [4.78, 5) is 13.1. The lowest BCUT2D eigenvalue weighted by molar-refractivity contribution is 0.0708. The molecule has 1 aliphatic rings. The molecule has 5 heteroatoms. The van der Waals surface area contributed by atoms with Gasteiger partial charge in [0, 0.05) is 24.5 Å². The summed E-state index contributed by atoms with van der Waals surface area (Å²) in [6.07, 6.45) is -0.937. The van der Waals surface area contributed by atoms with Crippen molar-refractivity contribution >= 4 is 6.09 Å². The van der Waals surface area contributed by atoms with Gasteiger partial charge in [-0.15, -0.1) is 0 Å². The number of halogens is 1. The summed E-state index contributed by atoms with van der Waals surface area (Å²) in [6, 6.07) is 6.24. The van der Waals surface area contributed by atoms with Crippen molar-refractivity contribution in [1.82, 2.24) is 10.2 Å². The Kier molecular flexibility index (Phi) is 3.99. The first-order valence-corrected chi connectivity index (χ1v) is 6.79. The van der Waals surface area contributed by atoms with Crippen LogP contribution in [0.2, 0.25) is 0 Å². The molecule has 2 rings (SSSR count). The molecule has 110 valence electrons. The highest BCUT2D eigenvalue weighted by Crippen LogP contribution is 2.31. The zero-order valence-electron chi connectivity index (χ0n) is 12.1. The van der Waals surface area contributed by atoms with Crippen LogP contribution < -0.4 is 5.32 Å². The van der Waals surface area contributed by atoms with E-state index in [1.165, 1.54) is 17.0 Å². The Balaban J connectivity index is 2.33. The summed E-state index contributed by atoms with van der Waals surface area (Å²) in [6.45, 7) is 6.88. The summed E-state index contributed by atoms with van der Waals surface area (Å²) in [5.74, 6) is -0.313. The van der Waals surface area contributed by atoms with Crippen LogP contribution in [0.5, 0.6) is 0 Å². The molecule has 1 aliphatic heterocycles. The summed E-state index contributed by atoms with van der Waals surface area (Å²) < 4.78 is 13.4. The Hall–Kier alpha value is -1.62. The topological polar surface area (TPSA) is 52.6 Å². The molecule has 0 bridgehead atoms. The second kappa shape index (κ2) is 5.40. The van der Waals surface area contributed by atoms with E-state index in [2.05, 4.69) is 5.32 Å². The molecule has 1 amide bonds. The van der Waals surface area contributed by atoms with Crippen LogP contribution in [-0.4, -0.2) is 40.8 Å². The molecule has 0 spiro atoms. The van der Waals surface area contributed by atoms with Crippen LogP contribution >= 0.6 is 0 Å². The Morgan fingerprint density at radius 2 is 2.10 bits per heavy atom. The third kappa shape index (κ3) is 2.93. The van der Waals surface area contributed by atoms with E-state index in [0.717, 1.165) is 5.56 Å². The van der Waals surface area contributed by atoms with Gasteiger partial charge in [-0.1, -0.05) is 12.1 Å². The lowest BCUT2D eigenvalue weighted by atomic mass is 9.90. The summed E-state index contributed by atoms with van der Waals surface area (Å²) >= 11 is 0. The zero-order chi connectivity index (χ0) is 14.9. The highest BCUT2D eigenvalue weighted by Gasteiger charge is 2.40. The molecule has 1 fully saturated rings. The van der Waals surface area contributed by atoms with E-state index in [9.17, 15) is 14.3 Å². The maximum atomic E-state index is 13.4. The van der Waals surface area contributed by atoms with Crippen LogP contribution in [0.15, 0.2) is 24.3 Å². The zero-order valence-corrected chi connectivity index (χ0v) is 12.1. The minimum atomic E-state index is -0.937. The molecule has 0 saturated carbocycles. The number of amides is 1. The number of carbonyl (C=O) groups is 1. The average molecular weight is 280 g/mol. The molecule has 0 aliphatic carbocycles. The first-order valence-electron chi connectivity index (χ1n) is 6.79. The van der Waals surface area contributed by atoms with E-state index in [1.807, 2.05) is 26.8 Å². The molecule has 1 aromatic carbocycles. The lowest BCUT2D eigenvalue weighted by Crippen LogP contribution is -2.53. The van der Waals surface area contributed by atoms with Crippen molar-refractivity contribution < 1.29 is 14.3 Å². The molecular weight excluding hydrogens is 259 g/mol. The Morgan fingerprint density at radius 3 is 2.65 bits per heavy atom. The van der Waals surface area contributed by atoms with Gasteiger partial charge in [-0.25, -0.2) is 9.18 Å². The maximum Gasteiger partial charge on any atom is 0.408 e. The van der Waals surface area contributed by atoms with Gasteiger partial charge in [-0.2, -0.15) is 0 Å². The van der Waals surface area contributed by atoms with Gasteiger partial charge in [-0.05, 0) is 38.5 Å². The fourth-order valence-corrected chi connectivity index (χ4v) is 2.94. The minimum absolute atomic E-state index is 0.0268. The quantitative estimate of drug-likeness (QED) is 0.875. The number of hydrogen-bond acceptors (Lipinski definition) is 2. The van der Waals surface area contributed by atoms with E-state index in [-0.39, 0.29) is 17.8 Å². The molecule has 0 aromatic heterocycles. The number of nitrogens with one attached hydrogen (secondary N) is 1. The number of hydrogen-bond donors (Lipinski definition) is 2. The van der Waals surface area contributed by atoms with Crippen LogP contribution in [-0.2, 0) is 0 Å². The van der Waals surface area contributed by atoms with Crippen LogP contribution in [0.3, 0.4) is 0 Å². The van der Waals surface area contributed by atoms with E-state index < -0.39 is 11.6 Å². The normalized spacial score (nSPS) is 22.8. The Morgan fingerprint density at radius 1 is 1.40 bits per heavy atom. The third-order valence-electron chi connectivity index (χ3n) is 3.72. The third-order valence-corrected chi connectivity index (χ3v) is 3.72. The Bertz CT molecular complexity index is 499. The fraction of sp³-hybridized carbons (Fsp3) is 0.533. The van der Waals surface area contributed by atoms with Crippen LogP contribution in [0.1, 0.15) is 32.3 Å². The van der Waals surface area contributed by atoms with Crippen molar-refractivity contribution in [3.8, 4) is 0 Å². The summed E-state index contributed by atoms with van der Waals surface area (Å²) in [5, 5.41) is 12.7. The van der Waals surface area contributed by atoms with E-state index in [4.69, 9.17) is 0 Å². The number of carboxylic acid groups (broad SMARTS) is 1. The molecule has 20 heavy (non-hydrogen) atoms. The highest BCUT2D eigenvalue weighted by atomic mass is 19.1.